The van der Waals surface area contributed by atoms with Crippen LogP contribution in [0.2, 0.25) is 0 Å². The van der Waals surface area contributed by atoms with Gasteiger partial charge in [-0.25, -0.2) is 4.79 Å². The molecule has 0 saturated carbocycles. The van der Waals surface area contributed by atoms with E-state index in [2.05, 4.69) is 26.5 Å². The van der Waals surface area contributed by atoms with Crippen molar-refractivity contribution in [3.63, 3.8) is 0 Å². The minimum Gasteiger partial charge on any atom is -0.507 e. The molecule has 7 nitrogen and oxygen atoms in total. The number of aliphatic hydroxyl groups excluding tert-OH is 1. The molecule has 1 fully saturated rings. The van der Waals surface area contributed by atoms with Gasteiger partial charge in [-0.15, -0.1) is 23.5 Å². The number of thioether (sulfide) groups is 2. The number of aromatic hydroxyl groups is 1. The van der Waals surface area contributed by atoms with E-state index >= 15 is 0 Å². The number of carboxylic acid groups (broad SMARTS) is 1. The molecule has 0 unspecified atom stereocenters. The van der Waals surface area contributed by atoms with Crippen LogP contribution < -0.4 is 4.74 Å². The molecule has 1 aliphatic carbocycles. The van der Waals surface area contributed by atoms with Crippen molar-refractivity contribution >= 4 is 35.4 Å². The second-order valence-electron chi connectivity index (χ2n) is 11.2. The molecule has 0 radical (unpaired) electrons. The van der Waals surface area contributed by atoms with Crippen LogP contribution in [-0.2, 0) is 16.0 Å². The summed E-state index contributed by atoms with van der Waals surface area (Å²) >= 11 is 2.77. The number of carboxylic acids is 1. The molecule has 5 atom stereocenters. The van der Waals surface area contributed by atoms with E-state index < -0.39 is 18.0 Å². The zero-order chi connectivity index (χ0) is 29.1. The third kappa shape index (κ3) is 6.26. The highest BCUT2D eigenvalue weighted by Crippen LogP contribution is 2.51. The van der Waals surface area contributed by atoms with Crippen LogP contribution >= 0.6 is 23.5 Å². The summed E-state index contributed by atoms with van der Waals surface area (Å²) in [6.45, 7) is 12.1. The molecule has 3 N–H and O–H groups in total. The Morgan fingerprint density at radius 3 is 2.73 bits per heavy atom. The van der Waals surface area contributed by atoms with Crippen molar-refractivity contribution in [3.8, 4) is 11.5 Å². The number of phenolic OH excluding ortho intramolecular Hbond substituents is 1. The first-order chi connectivity index (χ1) is 19.0. The van der Waals surface area contributed by atoms with Crippen molar-refractivity contribution in [2.24, 2.45) is 11.8 Å². The molecule has 2 heterocycles. The smallest absolute Gasteiger partial charge is 0.353 e. The number of rotatable bonds is 13. The van der Waals surface area contributed by atoms with Gasteiger partial charge in [0.2, 0.25) is 5.91 Å². The van der Waals surface area contributed by atoms with Crippen LogP contribution in [0.4, 0.5) is 0 Å². The number of carbonyl (C=O) groups excluding carboxylic acids is 1. The van der Waals surface area contributed by atoms with Crippen LogP contribution in [0, 0.1) is 11.8 Å². The van der Waals surface area contributed by atoms with Crippen molar-refractivity contribution in [2.45, 2.75) is 83.6 Å². The Hall–Kier alpha value is -2.36. The third-order valence-electron chi connectivity index (χ3n) is 8.07. The lowest BCUT2D eigenvalue weighted by Crippen LogP contribution is -2.60. The quantitative estimate of drug-likeness (QED) is 0.105. The van der Waals surface area contributed by atoms with Gasteiger partial charge in [0, 0.05) is 22.1 Å². The fourth-order valence-corrected chi connectivity index (χ4v) is 8.48. The number of aliphatic hydroxyl groups is 1. The predicted octanol–water partition coefficient (Wildman–Crippen LogP) is 6.42. The van der Waals surface area contributed by atoms with Crippen molar-refractivity contribution in [3.05, 3.63) is 57.7 Å². The average molecular weight is 588 g/mol. The van der Waals surface area contributed by atoms with Gasteiger partial charge in [0.1, 0.15) is 28.5 Å². The summed E-state index contributed by atoms with van der Waals surface area (Å²) in [7, 11) is 0. The van der Waals surface area contributed by atoms with E-state index in [0.717, 1.165) is 55.2 Å². The molecule has 1 amide bonds. The number of aliphatic carboxylic acids is 1. The fourth-order valence-electron chi connectivity index (χ4n) is 5.95. The first-order valence-electron chi connectivity index (χ1n) is 14.1. The Bertz CT molecular complexity index is 1220. The van der Waals surface area contributed by atoms with Crippen LogP contribution in [0.5, 0.6) is 11.5 Å². The number of hydrogen-bond donors (Lipinski definition) is 3. The standard InChI is InChI=1S/C31H41NO6S2/c1-6-7-8-9-20-13-23(34)27(22-12-18(4)10-11-21(22)17(2)3)24(14-20)38-16-39-15-25-28(31(36)37)32-29(35)26(19(5)33)30(32)40-25/h12-14,19,21-22,26,30,33-34H,2,6-11,15-16H2,1,3-5H3,(H,36,37)/t19-,21+,22-,26+,30-/m1/s1. The summed E-state index contributed by atoms with van der Waals surface area (Å²) in [4.78, 5) is 26.4. The summed E-state index contributed by atoms with van der Waals surface area (Å²) < 4.78 is 6.33. The van der Waals surface area contributed by atoms with Gasteiger partial charge in [-0.1, -0.05) is 43.6 Å². The minimum absolute atomic E-state index is 0.00720. The molecule has 0 bridgehead atoms. The number of aryl methyl sites for hydroxylation is 1. The van der Waals surface area contributed by atoms with Crippen LogP contribution in [0.15, 0.2) is 46.5 Å². The van der Waals surface area contributed by atoms with Crippen molar-refractivity contribution < 1.29 is 29.6 Å². The molecular weight excluding hydrogens is 546 g/mol. The fraction of sp³-hybridized carbons (Fsp3) is 0.548. The molecule has 2 aliphatic heterocycles. The van der Waals surface area contributed by atoms with Crippen molar-refractivity contribution in [1.82, 2.24) is 4.90 Å². The van der Waals surface area contributed by atoms with Gasteiger partial charge in [-0.05, 0) is 70.1 Å². The van der Waals surface area contributed by atoms with Gasteiger partial charge < -0.3 is 20.1 Å². The number of amides is 1. The van der Waals surface area contributed by atoms with E-state index in [1.54, 1.807) is 6.92 Å². The van der Waals surface area contributed by atoms with Crippen LogP contribution in [0.25, 0.3) is 0 Å². The lowest BCUT2D eigenvalue weighted by molar-refractivity contribution is -0.156. The van der Waals surface area contributed by atoms with E-state index in [1.165, 1.54) is 34.0 Å². The largest absolute Gasteiger partial charge is 0.507 e. The number of nitrogens with zero attached hydrogens (tertiary/aromatic N) is 1. The topological polar surface area (TPSA) is 107 Å². The van der Waals surface area contributed by atoms with Gasteiger partial charge in [0.15, 0.2) is 0 Å². The maximum absolute atomic E-state index is 12.5. The number of benzene rings is 1. The van der Waals surface area contributed by atoms with E-state index in [0.29, 0.717) is 16.4 Å². The molecule has 1 aromatic carbocycles. The molecule has 40 heavy (non-hydrogen) atoms. The first-order valence-corrected chi connectivity index (χ1v) is 16.1. The van der Waals surface area contributed by atoms with E-state index in [1.807, 2.05) is 19.1 Å². The second kappa shape index (κ2) is 13.1. The van der Waals surface area contributed by atoms with Gasteiger partial charge in [0.05, 0.1) is 12.0 Å². The van der Waals surface area contributed by atoms with Gasteiger partial charge >= 0.3 is 5.97 Å². The SMILES string of the molecule is C=C(C)[C@@H]1CCC(C)=C[C@H]1c1c(O)cc(CCCCC)cc1OCSCC1=C(C(=O)O)N2C(=O)[C@H]([C@@H](C)O)[C@H]2S1. The Morgan fingerprint density at radius 1 is 1.32 bits per heavy atom. The Kier molecular flexibility index (Phi) is 10.0. The summed E-state index contributed by atoms with van der Waals surface area (Å²) in [6.07, 6.45) is 7.50. The molecule has 1 aromatic rings. The monoisotopic (exact) mass is 587 g/mol. The maximum atomic E-state index is 12.5. The van der Waals surface area contributed by atoms with Crippen molar-refractivity contribution in [1.29, 1.82) is 0 Å². The Labute approximate surface area is 245 Å². The lowest BCUT2D eigenvalue weighted by atomic mass is 9.73. The van der Waals surface area contributed by atoms with Gasteiger partial charge in [0.25, 0.3) is 0 Å². The highest BCUT2D eigenvalue weighted by Gasteiger charge is 2.57. The molecule has 1 saturated heterocycles. The zero-order valence-electron chi connectivity index (χ0n) is 23.8. The molecule has 218 valence electrons. The van der Waals surface area contributed by atoms with Crippen molar-refractivity contribution in [2.75, 3.05) is 11.7 Å². The average Bonchev–Trinajstić information content (AvgIpc) is 3.20. The molecule has 4 rings (SSSR count). The first kappa shape index (κ1) is 30.6. The molecular formula is C31H41NO6S2. The van der Waals surface area contributed by atoms with Crippen LogP contribution in [0.3, 0.4) is 0 Å². The van der Waals surface area contributed by atoms with Crippen LogP contribution in [0.1, 0.15) is 76.8 Å². The summed E-state index contributed by atoms with van der Waals surface area (Å²) in [5.74, 6) is -0.378. The van der Waals surface area contributed by atoms with E-state index in [9.17, 15) is 24.9 Å². The molecule has 0 spiro atoms. The zero-order valence-corrected chi connectivity index (χ0v) is 25.4. The summed E-state index contributed by atoms with van der Waals surface area (Å²) in [6, 6.07) is 3.92. The number of fused-ring (bicyclic) bond motifs is 1. The molecule has 3 aliphatic rings. The highest BCUT2D eigenvalue weighted by molar-refractivity contribution is 8.06. The third-order valence-corrected chi connectivity index (χ3v) is 10.4. The second-order valence-corrected chi connectivity index (χ2v) is 13.3. The number of hydrogen-bond acceptors (Lipinski definition) is 7. The number of β-lactam (4-membered cyclic amide) rings is 1. The number of allylic oxidation sites excluding steroid dienone is 3. The summed E-state index contributed by atoms with van der Waals surface area (Å²) in [5.41, 5.74) is 4.19. The number of phenols is 1. The number of ether oxygens (including phenoxy) is 1. The van der Waals surface area contributed by atoms with E-state index in [-0.39, 0.29) is 40.5 Å². The number of unbranched alkanes of at least 4 members (excludes halogenated alkanes) is 2. The minimum atomic E-state index is -1.14. The normalized spacial score (nSPS) is 24.9. The predicted molar refractivity (Wildman–Crippen MR) is 161 cm³/mol. The van der Waals surface area contributed by atoms with Gasteiger partial charge in [-0.2, -0.15) is 0 Å². The molecule has 9 heteroatoms. The van der Waals surface area contributed by atoms with E-state index in [4.69, 9.17) is 4.74 Å². The summed E-state index contributed by atoms with van der Waals surface area (Å²) in [5, 5.41) is 30.7. The lowest BCUT2D eigenvalue weighted by Gasteiger charge is -2.43. The Balaban J connectivity index is 1.53. The Morgan fingerprint density at radius 2 is 2.08 bits per heavy atom. The van der Waals surface area contributed by atoms with Gasteiger partial charge in [-0.3, -0.25) is 9.69 Å². The maximum Gasteiger partial charge on any atom is 0.353 e. The number of carbonyl (C=O) groups is 2. The molecule has 0 aromatic heterocycles. The highest BCUT2D eigenvalue weighted by atomic mass is 32.2. The van der Waals surface area contributed by atoms with Crippen LogP contribution in [-0.4, -0.2) is 55.3 Å².